The monoisotopic (exact) mass is 445 g/mol. The predicted molar refractivity (Wildman–Crippen MR) is 127 cm³/mol. The molecule has 2 amide bonds. The summed E-state index contributed by atoms with van der Waals surface area (Å²) in [6.07, 6.45) is 0. The van der Waals surface area contributed by atoms with Crippen LogP contribution in [0.2, 0.25) is 0 Å². The van der Waals surface area contributed by atoms with Crippen molar-refractivity contribution in [3.8, 4) is 5.75 Å². The highest BCUT2D eigenvalue weighted by atomic mass is 19.1. The van der Waals surface area contributed by atoms with Crippen molar-refractivity contribution in [3.63, 3.8) is 0 Å². The summed E-state index contributed by atoms with van der Waals surface area (Å²) in [5.41, 5.74) is 3.31. The number of hydrogen-bond acceptors (Lipinski definition) is 3. The maximum Gasteiger partial charge on any atom is 0.322 e. The molecule has 0 bridgehead atoms. The third kappa shape index (κ3) is 5.20. The van der Waals surface area contributed by atoms with Crippen molar-refractivity contribution in [1.82, 2.24) is 9.88 Å². The maximum absolute atomic E-state index is 13.2. The van der Waals surface area contributed by atoms with Gasteiger partial charge in [-0.2, -0.15) is 0 Å². The van der Waals surface area contributed by atoms with Crippen molar-refractivity contribution in [2.45, 2.75) is 20.0 Å². The lowest BCUT2D eigenvalue weighted by molar-refractivity contribution is 0.206. The van der Waals surface area contributed by atoms with E-state index in [1.54, 1.807) is 7.11 Å². The van der Waals surface area contributed by atoms with E-state index in [1.807, 2.05) is 55.5 Å². The van der Waals surface area contributed by atoms with Gasteiger partial charge in [-0.3, -0.25) is 4.79 Å². The van der Waals surface area contributed by atoms with Gasteiger partial charge in [-0.15, -0.1) is 0 Å². The molecular formula is C26H24FN3O3. The fourth-order valence-corrected chi connectivity index (χ4v) is 3.64. The fourth-order valence-electron chi connectivity index (χ4n) is 3.64. The van der Waals surface area contributed by atoms with Crippen LogP contribution in [-0.4, -0.2) is 23.0 Å². The average Bonchev–Trinajstić information content (AvgIpc) is 2.81. The third-order valence-corrected chi connectivity index (χ3v) is 5.44. The number of carbonyl (C=O) groups is 1. The number of urea groups is 1. The minimum atomic E-state index is -0.402. The number of pyridine rings is 1. The SMILES string of the molecule is COc1ccc(CN(Cc2cc3cccc(C)c3[nH]c2=O)C(=O)Nc2ccc(F)cc2)cc1. The largest absolute Gasteiger partial charge is 0.497 e. The number of aromatic nitrogens is 1. The van der Waals surface area contributed by atoms with E-state index in [0.717, 1.165) is 22.0 Å². The highest BCUT2D eigenvalue weighted by molar-refractivity contribution is 5.89. The summed E-state index contributed by atoms with van der Waals surface area (Å²) in [4.78, 5) is 30.4. The highest BCUT2D eigenvalue weighted by Gasteiger charge is 2.17. The Labute approximate surface area is 190 Å². The van der Waals surface area contributed by atoms with Crippen LogP contribution >= 0.6 is 0 Å². The predicted octanol–water partition coefficient (Wildman–Crippen LogP) is 5.22. The topological polar surface area (TPSA) is 74.4 Å². The van der Waals surface area contributed by atoms with E-state index in [9.17, 15) is 14.0 Å². The molecule has 3 aromatic carbocycles. The molecule has 0 unspecified atom stereocenters. The van der Waals surface area contributed by atoms with Gasteiger partial charge in [0.25, 0.3) is 5.56 Å². The molecule has 2 N–H and O–H groups in total. The van der Waals surface area contributed by atoms with Crippen LogP contribution in [0.3, 0.4) is 0 Å². The Morgan fingerprint density at radius 1 is 1.03 bits per heavy atom. The van der Waals surface area contributed by atoms with Crippen LogP contribution in [0.15, 0.2) is 77.6 Å². The van der Waals surface area contributed by atoms with Crippen LogP contribution in [0.1, 0.15) is 16.7 Å². The van der Waals surface area contributed by atoms with E-state index >= 15 is 0 Å². The number of anilines is 1. The van der Waals surface area contributed by atoms with Gasteiger partial charge in [-0.1, -0.05) is 30.3 Å². The second kappa shape index (κ2) is 9.56. The van der Waals surface area contributed by atoms with Crippen LogP contribution in [0.4, 0.5) is 14.9 Å². The number of amides is 2. The van der Waals surface area contributed by atoms with Gasteiger partial charge in [0.05, 0.1) is 19.2 Å². The number of benzene rings is 3. The van der Waals surface area contributed by atoms with E-state index in [1.165, 1.54) is 29.2 Å². The summed E-state index contributed by atoms with van der Waals surface area (Å²) in [5.74, 6) is 0.323. The minimum absolute atomic E-state index is 0.0955. The standard InChI is InChI=1S/C26H24FN3O3/c1-17-4-3-5-19-14-20(25(31)29-24(17)19)16-30(15-18-6-12-23(33-2)13-7-18)26(32)28-22-10-8-21(27)9-11-22/h3-14H,15-16H2,1-2H3,(H,28,32)(H,29,31). The van der Waals surface area contributed by atoms with Crippen molar-refractivity contribution in [2.24, 2.45) is 0 Å². The molecule has 0 saturated carbocycles. The zero-order valence-electron chi connectivity index (χ0n) is 18.4. The Morgan fingerprint density at radius 3 is 2.45 bits per heavy atom. The molecule has 0 atom stereocenters. The molecule has 0 aliphatic heterocycles. The molecule has 4 aromatic rings. The van der Waals surface area contributed by atoms with Crippen molar-refractivity contribution in [3.05, 3.63) is 106 Å². The zero-order chi connectivity index (χ0) is 23.4. The van der Waals surface area contributed by atoms with Gasteiger partial charge in [0.15, 0.2) is 0 Å². The number of fused-ring (bicyclic) bond motifs is 1. The number of ether oxygens (including phenoxy) is 1. The molecular weight excluding hydrogens is 421 g/mol. The van der Waals surface area contributed by atoms with Gasteiger partial charge in [0.2, 0.25) is 0 Å². The molecule has 4 rings (SSSR count). The van der Waals surface area contributed by atoms with E-state index in [0.29, 0.717) is 17.0 Å². The molecule has 7 heteroatoms. The number of hydrogen-bond donors (Lipinski definition) is 2. The minimum Gasteiger partial charge on any atom is -0.497 e. The summed E-state index contributed by atoms with van der Waals surface area (Å²) in [7, 11) is 1.59. The second-order valence-electron chi connectivity index (χ2n) is 7.80. The van der Waals surface area contributed by atoms with E-state index in [-0.39, 0.29) is 24.5 Å². The Bertz CT molecular complexity index is 1330. The highest BCUT2D eigenvalue weighted by Crippen LogP contribution is 2.19. The number of aromatic amines is 1. The lowest BCUT2D eigenvalue weighted by Crippen LogP contribution is -2.35. The molecule has 1 aromatic heterocycles. The molecule has 168 valence electrons. The summed E-state index contributed by atoms with van der Waals surface area (Å²) in [5, 5.41) is 3.68. The summed E-state index contributed by atoms with van der Waals surface area (Å²) in [6.45, 7) is 2.30. The molecule has 0 saturated heterocycles. The first kappa shape index (κ1) is 22.1. The third-order valence-electron chi connectivity index (χ3n) is 5.44. The Hall–Kier alpha value is -4.13. The number of nitrogens with one attached hydrogen (secondary N) is 2. The van der Waals surface area contributed by atoms with Crippen LogP contribution in [0, 0.1) is 12.7 Å². The number of halogens is 1. The first-order valence-corrected chi connectivity index (χ1v) is 10.5. The van der Waals surface area contributed by atoms with E-state index < -0.39 is 6.03 Å². The number of carbonyl (C=O) groups excluding carboxylic acids is 1. The Morgan fingerprint density at radius 2 is 1.76 bits per heavy atom. The zero-order valence-corrected chi connectivity index (χ0v) is 18.4. The summed E-state index contributed by atoms with van der Waals surface area (Å²) < 4.78 is 18.5. The molecule has 0 aliphatic carbocycles. The van der Waals surface area contributed by atoms with Crippen molar-refractivity contribution >= 4 is 22.6 Å². The van der Waals surface area contributed by atoms with Gasteiger partial charge in [-0.25, -0.2) is 9.18 Å². The Kier molecular flexibility index (Phi) is 6.40. The van der Waals surface area contributed by atoms with E-state index in [2.05, 4.69) is 10.3 Å². The first-order chi connectivity index (χ1) is 15.9. The smallest absolute Gasteiger partial charge is 0.322 e. The van der Waals surface area contributed by atoms with Crippen LogP contribution < -0.4 is 15.6 Å². The first-order valence-electron chi connectivity index (χ1n) is 10.5. The number of H-pyrrole nitrogens is 1. The number of aryl methyl sites for hydroxylation is 1. The number of para-hydroxylation sites is 1. The quantitative estimate of drug-likeness (QED) is 0.427. The average molecular weight is 445 g/mol. The molecule has 6 nitrogen and oxygen atoms in total. The summed E-state index contributed by atoms with van der Waals surface area (Å²) in [6, 6.07) is 20.1. The summed E-state index contributed by atoms with van der Waals surface area (Å²) >= 11 is 0. The van der Waals surface area contributed by atoms with Gasteiger partial charge in [-0.05, 0) is 65.9 Å². The molecule has 0 fully saturated rings. The van der Waals surface area contributed by atoms with Gasteiger partial charge in [0, 0.05) is 17.8 Å². The second-order valence-corrected chi connectivity index (χ2v) is 7.80. The van der Waals surface area contributed by atoms with Crippen molar-refractivity contribution < 1.29 is 13.9 Å². The van der Waals surface area contributed by atoms with Crippen LogP contribution in [0.5, 0.6) is 5.75 Å². The fraction of sp³-hybridized carbons (Fsp3) is 0.154. The molecule has 0 spiro atoms. The number of methoxy groups -OCH3 is 1. The van der Waals surface area contributed by atoms with Crippen LogP contribution in [0.25, 0.3) is 10.9 Å². The van der Waals surface area contributed by atoms with Crippen molar-refractivity contribution in [2.75, 3.05) is 12.4 Å². The molecule has 0 aliphatic rings. The van der Waals surface area contributed by atoms with E-state index in [4.69, 9.17) is 4.74 Å². The lowest BCUT2D eigenvalue weighted by atomic mass is 10.1. The number of nitrogens with zero attached hydrogens (tertiary/aromatic N) is 1. The molecule has 0 radical (unpaired) electrons. The number of rotatable bonds is 6. The van der Waals surface area contributed by atoms with Crippen LogP contribution in [-0.2, 0) is 13.1 Å². The van der Waals surface area contributed by atoms with Gasteiger partial charge < -0.3 is 19.9 Å². The van der Waals surface area contributed by atoms with Gasteiger partial charge >= 0.3 is 6.03 Å². The Balaban J connectivity index is 1.64. The normalized spacial score (nSPS) is 10.8. The lowest BCUT2D eigenvalue weighted by Gasteiger charge is -2.23. The molecule has 33 heavy (non-hydrogen) atoms. The maximum atomic E-state index is 13.2. The van der Waals surface area contributed by atoms with Gasteiger partial charge in [0.1, 0.15) is 11.6 Å². The molecule has 1 heterocycles. The van der Waals surface area contributed by atoms with Crippen molar-refractivity contribution in [1.29, 1.82) is 0 Å².